The molecular weight excluding hydrogens is 240 g/mol. The van der Waals surface area contributed by atoms with E-state index in [1.54, 1.807) is 11.3 Å². The molecule has 4 bridgehead atoms. The van der Waals surface area contributed by atoms with Crippen molar-refractivity contribution in [3.05, 3.63) is 22.4 Å². The first-order valence-corrected chi connectivity index (χ1v) is 8.32. The van der Waals surface area contributed by atoms with Crippen LogP contribution in [-0.2, 0) is 6.42 Å². The largest absolute Gasteiger partial charge is 0.392 e. The predicted molar refractivity (Wildman–Crippen MR) is 74.6 cm³/mol. The molecule has 4 aliphatic rings. The van der Waals surface area contributed by atoms with Gasteiger partial charge in [-0.15, -0.1) is 11.3 Å². The van der Waals surface area contributed by atoms with Gasteiger partial charge in [-0.3, -0.25) is 0 Å². The van der Waals surface area contributed by atoms with Crippen LogP contribution >= 0.6 is 11.3 Å². The van der Waals surface area contributed by atoms with Crippen molar-refractivity contribution in [1.82, 2.24) is 0 Å². The molecule has 0 spiro atoms. The quantitative estimate of drug-likeness (QED) is 0.877. The third-order valence-corrected chi connectivity index (χ3v) is 6.67. The molecule has 0 saturated heterocycles. The van der Waals surface area contributed by atoms with Gasteiger partial charge in [0.1, 0.15) is 0 Å². The van der Waals surface area contributed by atoms with Crippen LogP contribution in [0.25, 0.3) is 0 Å². The minimum atomic E-state index is -0.0930. The monoisotopic (exact) mass is 262 g/mol. The normalized spacial score (nSPS) is 43.3. The highest BCUT2D eigenvalue weighted by atomic mass is 32.1. The van der Waals surface area contributed by atoms with Gasteiger partial charge in [0.15, 0.2) is 0 Å². The van der Waals surface area contributed by atoms with Crippen LogP contribution in [0.2, 0.25) is 0 Å². The molecule has 1 aromatic heterocycles. The number of hydrogen-bond donors (Lipinski definition) is 1. The van der Waals surface area contributed by atoms with Crippen molar-refractivity contribution in [3.8, 4) is 0 Å². The summed E-state index contributed by atoms with van der Waals surface area (Å²) in [5.41, 5.74) is 0.290. The van der Waals surface area contributed by atoms with E-state index in [0.29, 0.717) is 5.41 Å². The molecule has 1 unspecified atom stereocenters. The van der Waals surface area contributed by atoms with Gasteiger partial charge in [-0.05, 0) is 73.1 Å². The van der Waals surface area contributed by atoms with Crippen LogP contribution in [0.4, 0.5) is 0 Å². The average Bonchev–Trinajstić information content (AvgIpc) is 2.79. The van der Waals surface area contributed by atoms with Gasteiger partial charge in [-0.1, -0.05) is 6.07 Å². The molecule has 0 radical (unpaired) electrons. The molecule has 1 aromatic rings. The van der Waals surface area contributed by atoms with Crippen LogP contribution in [0.1, 0.15) is 43.4 Å². The summed E-state index contributed by atoms with van der Waals surface area (Å²) in [6.07, 6.45) is 9.12. The van der Waals surface area contributed by atoms with E-state index in [0.717, 1.165) is 24.2 Å². The van der Waals surface area contributed by atoms with Crippen LogP contribution in [0, 0.1) is 23.2 Å². The van der Waals surface area contributed by atoms with Crippen LogP contribution in [-0.4, -0.2) is 11.2 Å². The summed E-state index contributed by atoms with van der Waals surface area (Å²) in [5.74, 6) is 2.82. The fraction of sp³-hybridized carbons (Fsp3) is 0.750. The van der Waals surface area contributed by atoms with Gasteiger partial charge in [0.05, 0.1) is 6.10 Å². The zero-order valence-electron chi connectivity index (χ0n) is 10.8. The lowest BCUT2D eigenvalue weighted by Gasteiger charge is -2.58. The van der Waals surface area contributed by atoms with Gasteiger partial charge in [-0.25, -0.2) is 0 Å². The molecule has 4 fully saturated rings. The number of hydrogen-bond acceptors (Lipinski definition) is 2. The first-order valence-electron chi connectivity index (χ1n) is 7.44. The van der Waals surface area contributed by atoms with E-state index < -0.39 is 0 Å². The Morgan fingerprint density at radius 1 is 1.17 bits per heavy atom. The Hall–Kier alpha value is -0.340. The smallest absolute Gasteiger partial charge is 0.0644 e. The van der Waals surface area contributed by atoms with Gasteiger partial charge >= 0.3 is 0 Å². The van der Waals surface area contributed by atoms with Crippen LogP contribution in [0.15, 0.2) is 17.5 Å². The topological polar surface area (TPSA) is 20.2 Å². The van der Waals surface area contributed by atoms with E-state index in [1.807, 2.05) is 0 Å². The first kappa shape index (κ1) is 11.5. The number of rotatable bonds is 3. The Bertz CT molecular complexity index is 387. The second kappa shape index (κ2) is 4.08. The van der Waals surface area contributed by atoms with Gasteiger partial charge in [-0.2, -0.15) is 0 Å². The molecule has 5 rings (SSSR count). The van der Waals surface area contributed by atoms with Crippen LogP contribution in [0.3, 0.4) is 0 Å². The highest BCUT2D eigenvalue weighted by Gasteiger charge is 2.53. The van der Waals surface area contributed by atoms with Crippen molar-refractivity contribution in [2.75, 3.05) is 0 Å². The fourth-order valence-electron chi connectivity index (χ4n) is 5.42. The summed E-state index contributed by atoms with van der Waals surface area (Å²) in [5, 5.41) is 12.9. The number of aliphatic hydroxyl groups is 1. The number of thiophene rings is 1. The van der Waals surface area contributed by atoms with Crippen molar-refractivity contribution in [2.45, 2.75) is 51.0 Å². The Kier molecular flexibility index (Phi) is 2.60. The summed E-state index contributed by atoms with van der Waals surface area (Å²) in [7, 11) is 0. The average molecular weight is 262 g/mol. The van der Waals surface area contributed by atoms with Crippen LogP contribution in [0.5, 0.6) is 0 Å². The van der Waals surface area contributed by atoms with E-state index in [9.17, 15) is 5.11 Å². The van der Waals surface area contributed by atoms with Crippen molar-refractivity contribution in [1.29, 1.82) is 0 Å². The van der Waals surface area contributed by atoms with Crippen molar-refractivity contribution in [3.63, 3.8) is 0 Å². The molecule has 1 heterocycles. The van der Waals surface area contributed by atoms with Gasteiger partial charge in [0.25, 0.3) is 0 Å². The van der Waals surface area contributed by atoms with Gasteiger partial charge in [0, 0.05) is 11.3 Å². The highest BCUT2D eigenvalue weighted by Crippen LogP contribution is 2.61. The summed E-state index contributed by atoms with van der Waals surface area (Å²) in [6.45, 7) is 0. The van der Waals surface area contributed by atoms with Crippen molar-refractivity contribution in [2.24, 2.45) is 23.2 Å². The van der Waals surface area contributed by atoms with E-state index in [1.165, 1.54) is 43.4 Å². The zero-order chi connectivity index (χ0) is 12.2. The molecule has 1 nitrogen and oxygen atoms in total. The summed E-state index contributed by atoms with van der Waals surface area (Å²) >= 11 is 1.80. The summed E-state index contributed by atoms with van der Waals surface area (Å²) in [6, 6.07) is 4.28. The molecule has 4 aliphatic carbocycles. The maximum Gasteiger partial charge on any atom is 0.0644 e. The Balaban J connectivity index is 1.56. The standard InChI is InChI=1S/C16H22OS/c17-15(7-14-2-1-3-18-14)16-8-11-4-12(9-16)6-13(5-11)10-16/h1-3,11-13,15,17H,4-10H2. The van der Waals surface area contributed by atoms with E-state index >= 15 is 0 Å². The molecule has 0 aromatic carbocycles. The molecule has 98 valence electrons. The maximum absolute atomic E-state index is 10.8. The van der Waals surface area contributed by atoms with Crippen molar-refractivity contribution >= 4 is 11.3 Å². The third-order valence-electron chi connectivity index (χ3n) is 5.77. The van der Waals surface area contributed by atoms with Gasteiger partial charge in [0.2, 0.25) is 0 Å². The lowest BCUT2D eigenvalue weighted by Crippen LogP contribution is -2.52. The molecule has 0 amide bonds. The van der Waals surface area contributed by atoms with E-state index in [4.69, 9.17) is 0 Å². The zero-order valence-corrected chi connectivity index (χ0v) is 11.7. The van der Waals surface area contributed by atoms with Gasteiger partial charge < -0.3 is 5.11 Å². The predicted octanol–water partition coefficient (Wildman–Crippen LogP) is 3.87. The Labute approximate surface area is 113 Å². The SMILES string of the molecule is OC(Cc1cccs1)C12CC3CC(CC(C3)C1)C2. The number of aliphatic hydroxyl groups excluding tert-OH is 1. The fourth-order valence-corrected chi connectivity index (χ4v) is 6.16. The Morgan fingerprint density at radius 2 is 1.78 bits per heavy atom. The first-order chi connectivity index (χ1) is 8.73. The van der Waals surface area contributed by atoms with Crippen molar-refractivity contribution < 1.29 is 5.11 Å². The molecule has 4 saturated carbocycles. The third kappa shape index (κ3) is 1.77. The van der Waals surface area contributed by atoms with E-state index in [-0.39, 0.29) is 6.10 Å². The molecular formula is C16H22OS. The lowest BCUT2D eigenvalue weighted by atomic mass is 9.48. The molecule has 1 N–H and O–H groups in total. The summed E-state index contributed by atoms with van der Waals surface area (Å²) in [4.78, 5) is 1.36. The molecule has 0 aliphatic heterocycles. The molecule has 1 atom stereocenters. The maximum atomic E-state index is 10.8. The van der Waals surface area contributed by atoms with E-state index in [2.05, 4.69) is 17.5 Å². The second-order valence-corrected chi connectivity index (χ2v) is 8.11. The minimum absolute atomic E-state index is 0.0930. The lowest BCUT2D eigenvalue weighted by molar-refractivity contribution is -0.119. The van der Waals surface area contributed by atoms with Crippen LogP contribution < -0.4 is 0 Å². The second-order valence-electron chi connectivity index (χ2n) is 7.08. The minimum Gasteiger partial charge on any atom is -0.392 e. The summed E-state index contributed by atoms with van der Waals surface area (Å²) < 4.78 is 0. The Morgan fingerprint density at radius 3 is 2.28 bits per heavy atom. The highest BCUT2D eigenvalue weighted by molar-refractivity contribution is 7.09. The molecule has 2 heteroatoms. The molecule has 18 heavy (non-hydrogen) atoms.